The summed E-state index contributed by atoms with van der Waals surface area (Å²) in [5.41, 5.74) is 6.72. The second-order valence-electron chi connectivity index (χ2n) is 5.24. The summed E-state index contributed by atoms with van der Waals surface area (Å²) in [5, 5.41) is 4.24. The number of fused-ring (bicyclic) bond motifs is 1. The van der Waals surface area contributed by atoms with Crippen molar-refractivity contribution in [3.63, 3.8) is 0 Å². The fourth-order valence-corrected chi connectivity index (χ4v) is 2.57. The van der Waals surface area contributed by atoms with Crippen molar-refractivity contribution in [1.29, 1.82) is 0 Å². The molecule has 0 aliphatic rings. The van der Waals surface area contributed by atoms with Crippen molar-refractivity contribution in [1.82, 2.24) is 10.9 Å². The number of rotatable bonds is 2. The number of benzene rings is 2. The van der Waals surface area contributed by atoms with Gasteiger partial charge in [0.15, 0.2) is 10.9 Å². The predicted octanol–water partition coefficient (Wildman–Crippen LogP) is 4.17. The van der Waals surface area contributed by atoms with Gasteiger partial charge >= 0.3 is 5.91 Å². The Bertz CT molecular complexity index is 956. The van der Waals surface area contributed by atoms with Crippen LogP contribution in [0.5, 0.6) is 0 Å². The van der Waals surface area contributed by atoms with Crippen molar-refractivity contribution in [3.8, 4) is 0 Å². The third-order valence-corrected chi connectivity index (χ3v) is 3.95. The van der Waals surface area contributed by atoms with Crippen LogP contribution in [0.15, 0.2) is 46.9 Å². The first-order valence-electron chi connectivity index (χ1n) is 7.25. The standard InChI is InChI=1S/C17H13ClFN3O2S/c1-9-13-8-11(19)4-7-14(13)24-15(9)16(23)21-22-17(25)20-12-5-2-10(18)3-6-12/h2-8H,1H3,(H,21,23)(H2,20,22,25). The molecule has 8 heteroatoms. The van der Waals surface area contributed by atoms with Crippen LogP contribution in [0.2, 0.25) is 5.02 Å². The monoisotopic (exact) mass is 377 g/mol. The van der Waals surface area contributed by atoms with Gasteiger partial charge in [-0.1, -0.05) is 11.6 Å². The highest BCUT2D eigenvalue weighted by Crippen LogP contribution is 2.25. The summed E-state index contributed by atoms with van der Waals surface area (Å²) >= 11 is 10.9. The van der Waals surface area contributed by atoms with Crippen LogP contribution >= 0.6 is 23.8 Å². The van der Waals surface area contributed by atoms with Gasteiger partial charge in [0.05, 0.1) is 0 Å². The number of hydrogen-bond donors (Lipinski definition) is 3. The summed E-state index contributed by atoms with van der Waals surface area (Å²) in [6.45, 7) is 1.68. The molecule has 1 aromatic heterocycles. The lowest BCUT2D eigenvalue weighted by Gasteiger charge is -2.11. The summed E-state index contributed by atoms with van der Waals surface area (Å²) in [6, 6.07) is 11.0. The lowest BCUT2D eigenvalue weighted by atomic mass is 10.1. The van der Waals surface area contributed by atoms with Crippen molar-refractivity contribution in [3.05, 3.63) is 64.6 Å². The van der Waals surface area contributed by atoms with Gasteiger partial charge in [0, 0.05) is 21.7 Å². The molecule has 5 nitrogen and oxygen atoms in total. The number of furan rings is 1. The minimum Gasteiger partial charge on any atom is -0.451 e. The Morgan fingerprint density at radius 2 is 1.88 bits per heavy atom. The molecule has 2 aromatic carbocycles. The molecule has 1 heterocycles. The van der Waals surface area contributed by atoms with Crippen molar-refractivity contribution < 1.29 is 13.6 Å². The highest BCUT2D eigenvalue weighted by atomic mass is 35.5. The average molecular weight is 378 g/mol. The molecular formula is C17H13ClFN3O2S. The van der Waals surface area contributed by atoms with E-state index in [0.717, 1.165) is 0 Å². The van der Waals surface area contributed by atoms with Gasteiger partial charge in [-0.05, 0) is 61.6 Å². The van der Waals surface area contributed by atoms with Crippen molar-refractivity contribution in [2.75, 3.05) is 5.32 Å². The molecule has 0 spiro atoms. The summed E-state index contributed by atoms with van der Waals surface area (Å²) < 4.78 is 18.8. The number of aryl methyl sites for hydroxylation is 1. The molecule has 3 N–H and O–H groups in total. The molecule has 3 aromatic rings. The molecule has 3 rings (SSSR count). The zero-order valence-corrected chi connectivity index (χ0v) is 14.6. The maximum atomic E-state index is 13.3. The van der Waals surface area contributed by atoms with E-state index in [1.165, 1.54) is 18.2 Å². The number of thiocarbonyl (C=S) groups is 1. The van der Waals surface area contributed by atoms with E-state index in [9.17, 15) is 9.18 Å². The van der Waals surface area contributed by atoms with E-state index in [0.29, 0.717) is 27.2 Å². The van der Waals surface area contributed by atoms with Crippen LogP contribution in [0.25, 0.3) is 11.0 Å². The van der Waals surface area contributed by atoms with Gasteiger partial charge in [-0.25, -0.2) is 4.39 Å². The molecule has 0 aliphatic carbocycles. The number of hydrogen-bond acceptors (Lipinski definition) is 3. The number of amides is 1. The molecule has 25 heavy (non-hydrogen) atoms. The van der Waals surface area contributed by atoms with Crippen LogP contribution in [-0.4, -0.2) is 11.0 Å². The number of carbonyl (C=O) groups is 1. The van der Waals surface area contributed by atoms with Gasteiger partial charge in [-0.3, -0.25) is 15.6 Å². The predicted molar refractivity (Wildman–Crippen MR) is 99.2 cm³/mol. The zero-order valence-electron chi connectivity index (χ0n) is 13.0. The number of halogens is 2. The third kappa shape index (κ3) is 3.89. The van der Waals surface area contributed by atoms with Gasteiger partial charge in [0.2, 0.25) is 0 Å². The molecule has 0 bridgehead atoms. The number of hydrazine groups is 1. The van der Waals surface area contributed by atoms with Crippen LogP contribution < -0.4 is 16.2 Å². The Morgan fingerprint density at radius 1 is 1.16 bits per heavy atom. The number of nitrogens with one attached hydrogen (secondary N) is 3. The van der Waals surface area contributed by atoms with Crippen LogP contribution in [0.3, 0.4) is 0 Å². The number of anilines is 1. The lowest BCUT2D eigenvalue weighted by molar-refractivity contribution is 0.0917. The highest BCUT2D eigenvalue weighted by Gasteiger charge is 2.18. The van der Waals surface area contributed by atoms with Gasteiger partial charge in [-0.15, -0.1) is 0 Å². The second-order valence-corrected chi connectivity index (χ2v) is 6.08. The Labute approximate surface area is 153 Å². The van der Waals surface area contributed by atoms with E-state index >= 15 is 0 Å². The molecule has 128 valence electrons. The Kier molecular flexibility index (Phi) is 4.87. The molecule has 0 saturated heterocycles. The first kappa shape index (κ1) is 17.2. The Morgan fingerprint density at radius 3 is 2.60 bits per heavy atom. The molecule has 0 radical (unpaired) electrons. The van der Waals surface area contributed by atoms with E-state index in [-0.39, 0.29) is 10.9 Å². The van der Waals surface area contributed by atoms with Crippen LogP contribution in [0, 0.1) is 12.7 Å². The highest BCUT2D eigenvalue weighted by molar-refractivity contribution is 7.80. The van der Waals surface area contributed by atoms with E-state index < -0.39 is 11.7 Å². The lowest BCUT2D eigenvalue weighted by Crippen LogP contribution is -2.43. The quantitative estimate of drug-likeness (QED) is 0.462. The van der Waals surface area contributed by atoms with E-state index in [2.05, 4.69) is 16.2 Å². The normalized spacial score (nSPS) is 10.5. The van der Waals surface area contributed by atoms with Crippen LogP contribution in [-0.2, 0) is 0 Å². The minimum absolute atomic E-state index is 0.0855. The second kappa shape index (κ2) is 7.08. The third-order valence-electron chi connectivity index (χ3n) is 3.50. The smallest absolute Gasteiger partial charge is 0.305 e. The fourth-order valence-electron chi connectivity index (χ4n) is 2.28. The average Bonchev–Trinajstić information content (AvgIpc) is 2.91. The van der Waals surface area contributed by atoms with Crippen molar-refractivity contribution >= 4 is 51.5 Å². The van der Waals surface area contributed by atoms with E-state index in [1.807, 2.05) is 0 Å². The van der Waals surface area contributed by atoms with Gasteiger partial charge in [-0.2, -0.15) is 0 Å². The molecule has 0 saturated carbocycles. The van der Waals surface area contributed by atoms with Crippen LogP contribution in [0.1, 0.15) is 16.1 Å². The number of carbonyl (C=O) groups excluding carboxylic acids is 1. The first-order chi connectivity index (χ1) is 11.9. The maximum absolute atomic E-state index is 13.3. The summed E-state index contributed by atoms with van der Waals surface area (Å²) in [6.07, 6.45) is 0. The van der Waals surface area contributed by atoms with Crippen molar-refractivity contribution in [2.24, 2.45) is 0 Å². The largest absolute Gasteiger partial charge is 0.451 e. The SMILES string of the molecule is Cc1c(C(=O)NNC(=S)Nc2ccc(Cl)cc2)oc2ccc(F)cc12. The topological polar surface area (TPSA) is 66.3 Å². The summed E-state index contributed by atoms with van der Waals surface area (Å²) in [5.74, 6) is -0.827. The molecular weight excluding hydrogens is 365 g/mol. The summed E-state index contributed by atoms with van der Waals surface area (Å²) in [7, 11) is 0. The van der Waals surface area contributed by atoms with Crippen LogP contribution in [0.4, 0.5) is 10.1 Å². The van der Waals surface area contributed by atoms with Gasteiger partial charge in [0.25, 0.3) is 0 Å². The van der Waals surface area contributed by atoms with E-state index in [4.69, 9.17) is 28.2 Å². The Balaban J connectivity index is 1.65. The van der Waals surface area contributed by atoms with Gasteiger partial charge < -0.3 is 9.73 Å². The van der Waals surface area contributed by atoms with Gasteiger partial charge in [0.1, 0.15) is 11.4 Å². The molecule has 0 fully saturated rings. The van der Waals surface area contributed by atoms with E-state index in [1.54, 1.807) is 31.2 Å². The minimum atomic E-state index is -0.519. The molecule has 0 atom stereocenters. The molecule has 0 unspecified atom stereocenters. The fraction of sp³-hybridized carbons (Fsp3) is 0.0588. The molecule has 0 aliphatic heterocycles. The Hall–Kier alpha value is -2.64. The first-order valence-corrected chi connectivity index (χ1v) is 8.04. The van der Waals surface area contributed by atoms with Crippen molar-refractivity contribution in [2.45, 2.75) is 6.92 Å². The summed E-state index contributed by atoms with van der Waals surface area (Å²) in [4.78, 5) is 12.3. The zero-order chi connectivity index (χ0) is 18.0. The molecule has 1 amide bonds. The maximum Gasteiger partial charge on any atom is 0.305 e.